The number of aliphatic hydroxyl groups excluding tert-OH is 2. The van der Waals surface area contributed by atoms with Gasteiger partial charge < -0.3 is 20.3 Å². The smallest absolute Gasteiger partial charge is 0.305 e. The van der Waals surface area contributed by atoms with Gasteiger partial charge in [-0.05, 0) is 103 Å². The maximum Gasteiger partial charge on any atom is 0.305 e. The molecule has 0 saturated carbocycles. The Kier molecular flexibility index (Phi) is 59.0. The van der Waals surface area contributed by atoms with Gasteiger partial charge in [-0.2, -0.15) is 0 Å². The van der Waals surface area contributed by atoms with Crippen molar-refractivity contribution >= 4 is 11.9 Å². The summed E-state index contributed by atoms with van der Waals surface area (Å²) in [4.78, 5) is 24.6. The maximum absolute atomic E-state index is 12.5. The number of allylic oxidation sites excluding steroid dienone is 9. The number of rotatable bonds is 58. The number of hydrogen-bond acceptors (Lipinski definition) is 5. The van der Waals surface area contributed by atoms with Crippen LogP contribution in [0.5, 0.6) is 0 Å². The van der Waals surface area contributed by atoms with E-state index in [4.69, 9.17) is 4.74 Å². The Morgan fingerprint density at radius 1 is 0.389 bits per heavy atom. The van der Waals surface area contributed by atoms with E-state index in [0.29, 0.717) is 19.4 Å². The number of unbranched alkanes of at least 4 members (excludes halogenated alkanes) is 39. The number of esters is 1. The number of ether oxygens (including phenoxy) is 1. The molecule has 0 aliphatic rings. The van der Waals surface area contributed by atoms with Crippen LogP contribution in [-0.4, -0.2) is 47.4 Å². The van der Waals surface area contributed by atoms with Crippen molar-refractivity contribution < 1.29 is 24.5 Å². The Morgan fingerprint density at radius 2 is 0.694 bits per heavy atom. The monoisotopic (exact) mass is 1010 g/mol. The van der Waals surface area contributed by atoms with Gasteiger partial charge in [-0.3, -0.25) is 9.59 Å². The number of amides is 1. The molecule has 2 atom stereocenters. The molecule has 0 aliphatic carbocycles. The molecule has 0 rings (SSSR count). The average molecular weight is 1010 g/mol. The predicted octanol–water partition coefficient (Wildman–Crippen LogP) is 19.9. The highest BCUT2D eigenvalue weighted by Gasteiger charge is 2.18. The molecule has 0 radical (unpaired) electrons. The molecule has 2 unspecified atom stereocenters. The topological polar surface area (TPSA) is 95.9 Å². The summed E-state index contributed by atoms with van der Waals surface area (Å²) in [7, 11) is 0. The number of carbonyl (C=O) groups excluding carboxylic acids is 2. The molecule has 72 heavy (non-hydrogen) atoms. The quantitative estimate of drug-likeness (QED) is 0.0320. The molecule has 0 fully saturated rings. The summed E-state index contributed by atoms with van der Waals surface area (Å²) in [5.74, 6) is -0.107. The first-order valence-corrected chi connectivity index (χ1v) is 31.6. The van der Waals surface area contributed by atoms with E-state index in [-0.39, 0.29) is 18.5 Å². The SMILES string of the molecule is CCCCC/C=C\C/C=C\CCCCCCCCCC(=O)OCCCCC/C=C\C/C=C\CCCCCCCCCC(=O)NC(CO)C(O)/C=C/CCCCCCCCCCCCCCCCCCCCC. The highest BCUT2D eigenvalue weighted by molar-refractivity contribution is 5.76. The lowest BCUT2D eigenvalue weighted by Crippen LogP contribution is -2.45. The molecule has 0 aromatic rings. The molecular formula is C66H121NO5. The van der Waals surface area contributed by atoms with Crippen molar-refractivity contribution in [2.75, 3.05) is 13.2 Å². The lowest BCUT2D eigenvalue weighted by molar-refractivity contribution is -0.143. The van der Waals surface area contributed by atoms with Crippen LogP contribution in [0.15, 0.2) is 60.8 Å². The molecule has 1 amide bonds. The van der Waals surface area contributed by atoms with Gasteiger partial charge in [-0.15, -0.1) is 0 Å². The van der Waals surface area contributed by atoms with Gasteiger partial charge in [0.05, 0.1) is 25.4 Å². The van der Waals surface area contributed by atoms with Crippen molar-refractivity contribution in [3.05, 3.63) is 60.8 Å². The minimum absolute atomic E-state index is 0.0244. The number of carbonyl (C=O) groups is 2. The van der Waals surface area contributed by atoms with Crippen molar-refractivity contribution in [1.29, 1.82) is 0 Å². The minimum atomic E-state index is -0.858. The van der Waals surface area contributed by atoms with E-state index in [1.165, 1.54) is 205 Å². The first-order chi connectivity index (χ1) is 35.5. The highest BCUT2D eigenvalue weighted by atomic mass is 16.5. The third-order valence-corrected chi connectivity index (χ3v) is 14.3. The minimum Gasteiger partial charge on any atom is -0.466 e. The van der Waals surface area contributed by atoms with Gasteiger partial charge in [0.15, 0.2) is 0 Å². The van der Waals surface area contributed by atoms with Crippen molar-refractivity contribution in [1.82, 2.24) is 5.32 Å². The van der Waals surface area contributed by atoms with E-state index in [2.05, 4.69) is 67.8 Å². The van der Waals surface area contributed by atoms with Gasteiger partial charge in [0.1, 0.15) is 0 Å². The Hall–Kier alpha value is -2.44. The zero-order chi connectivity index (χ0) is 52.2. The van der Waals surface area contributed by atoms with Gasteiger partial charge in [0.2, 0.25) is 5.91 Å². The molecule has 3 N–H and O–H groups in total. The van der Waals surface area contributed by atoms with E-state index < -0.39 is 12.1 Å². The third-order valence-electron chi connectivity index (χ3n) is 14.3. The second kappa shape index (κ2) is 61.1. The molecule has 0 bridgehead atoms. The summed E-state index contributed by atoms with van der Waals surface area (Å²) < 4.78 is 5.46. The molecule has 0 spiro atoms. The predicted molar refractivity (Wildman–Crippen MR) is 315 cm³/mol. The van der Waals surface area contributed by atoms with E-state index in [0.717, 1.165) is 89.9 Å². The Morgan fingerprint density at radius 3 is 1.08 bits per heavy atom. The zero-order valence-corrected chi connectivity index (χ0v) is 47.9. The highest BCUT2D eigenvalue weighted by Crippen LogP contribution is 2.17. The molecule has 420 valence electrons. The summed E-state index contributed by atoms with van der Waals surface area (Å²) in [6.45, 7) is 4.84. The van der Waals surface area contributed by atoms with E-state index >= 15 is 0 Å². The summed E-state index contributed by atoms with van der Waals surface area (Å²) in [5.41, 5.74) is 0. The average Bonchev–Trinajstić information content (AvgIpc) is 3.38. The molecular weight excluding hydrogens is 887 g/mol. The van der Waals surface area contributed by atoms with Gasteiger partial charge >= 0.3 is 5.97 Å². The summed E-state index contributed by atoms with van der Waals surface area (Å²) in [6.07, 6.45) is 79.7. The van der Waals surface area contributed by atoms with E-state index in [1.54, 1.807) is 6.08 Å². The van der Waals surface area contributed by atoms with Crippen LogP contribution in [0.4, 0.5) is 0 Å². The van der Waals surface area contributed by atoms with Gasteiger partial charge in [-0.25, -0.2) is 0 Å². The molecule has 0 aromatic carbocycles. The van der Waals surface area contributed by atoms with Crippen molar-refractivity contribution in [3.63, 3.8) is 0 Å². The normalized spacial score (nSPS) is 13.0. The molecule has 0 saturated heterocycles. The van der Waals surface area contributed by atoms with Crippen LogP contribution < -0.4 is 5.32 Å². The standard InChI is InChI=1S/C66H121NO5/c1-3-5-7-9-11-13-15-17-19-21-22-23-24-27-30-34-38-42-46-50-54-58-64(69)63(62-68)67-65(70)59-55-51-47-43-39-35-31-28-25-29-33-37-41-45-49-53-57-61-72-66(71)60-56-52-48-44-40-36-32-26-20-18-16-14-12-10-8-6-4-2/h12,14,18,20,25,29,37,41,54,58,63-64,68-69H,3-11,13,15-17,19,21-24,26-28,30-36,38-40,42-53,55-57,59-62H2,1-2H3,(H,67,70)/b14-12-,20-18-,29-25-,41-37-,58-54+. The zero-order valence-electron chi connectivity index (χ0n) is 47.9. The van der Waals surface area contributed by atoms with Crippen LogP contribution in [0, 0.1) is 0 Å². The summed E-state index contributed by atoms with van der Waals surface area (Å²) in [5, 5.41) is 23.2. The van der Waals surface area contributed by atoms with Gasteiger partial charge in [0.25, 0.3) is 0 Å². The van der Waals surface area contributed by atoms with Crippen LogP contribution in [-0.2, 0) is 14.3 Å². The van der Waals surface area contributed by atoms with Crippen LogP contribution in [0.2, 0.25) is 0 Å². The van der Waals surface area contributed by atoms with E-state index in [1.807, 2.05) is 6.08 Å². The summed E-state index contributed by atoms with van der Waals surface area (Å²) >= 11 is 0. The molecule has 0 aromatic heterocycles. The lowest BCUT2D eigenvalue weighted by atomic mass is 10.0. The Bertz CT molecular complexity index is 1250. The lowest BCUT2D eigenvalue weighted by Gasteiger charge is -2.20. The number of nitrogens with one attached hydrogen (secondary N) is 1. The molecule has 6 heteroatoms. The van der Waals surface area contributed by atoms with Crippen LogP contribution >= 0.6 is 0 Å². The van der Waals surface area contributed by atoms with Crippen molar-refractivity contribution in [2.45, 2.75) is 334 Å². The van der Waals surface area contributed by atoms with Crippen molar-refractivity contribution in [2.24, 2.45) is 0 Å². The van der Waals surface area contributed by atoms with E-state index in [9.17, 15) is 19.8 Å². The van der Waals surface area contributed by atoms with Crippen molar-refractivity contribution in [3.8, 4) is 0 Å². The maximum atomic E-state index is 12.5. The van der Waals surface area contributed by atoms with Gasteiger partial charge in [-0.1, -0.05) is 267 Å². The first-order valence-electron chi connectivity index (χ1n) is 31.6. The summed E-state index contributed by atoms with van der Waals surface area (Å²) in [6, 6.07) is -0.643. The van der Waals surface area contributed by atoms with Crippen LogP contribution in [0.1, 0.15) is 322 Å². The fraction of sp³-hybridized carbons (Fsp3) is 0.818. The fourth-order valence-corrected chi connectivity index (χ4v) is 9.40. The largest absolute Gasteiger partial charge is 0.466 e. The second-order valence-corrected chi connectivity index (χ2v) is 21.4. The number of aliphatic hydroxyl groups is 2. The Balaban J connectivity index is 3.53. The van der Waals surface area contributed by atoms with Crippen LogP contribution in [0.3, 0.4) is 0 Å². The first kappa shape index (κ1) is 69.6. The Labute approximate surface area is 448 Å². The molecule has 0 heterocycles. The second-order valence-electron chi connectivity index (χ2n) is 21.4. The molecule has 6 nitrogen and oxygen atoms in total. The number of hydrogen-bond donors (Lipinski definition) is 3. The van der Waals surface area contributed by atoms with Gasteiger partial charge in [0, 0.05) is 12.8 Å². The molecule has 0 aliphatic heterocycles. The third kappa shape index (κ3) is 56.8. The fourth-order valence-electron chi connectivity index (χ4n) is 9.40. The van der Waals surface area contributed by atoms with Crippen LogP contribution in [0.25, 0.3) is 0 Å².